The van der Waals surface area contributed by atoms with Crippen LogP contribution < -0.4 is 19.7 Å². The summed E-state index contributed by atoms with van der Waals surface area (Å²) in [7, 11) is -2.38. The van der Waals surface area contributed by atoms with Gasteiger partial charge in [-0.15, -0.1) is 0 Å². The maximum Gasteiger partial charge on any atom is 0.243 e. The number of fused-ring (bicyclic) bond motifs is 1. The van der Waals surface area contributed by atoms with Crippen molar-refractivity contribution in [3.63, 3.8) is 0 Å². The highest BCUT2D eigenvalue weighted by molar-refractivity contribution is 7.89. The summed E-state index contributed by atoms with van der Waals surface area (Å²) >= 11 is 0. The molecule has 2 N–H and O–H groups in total. The van der Waals surface area contributed by atoms with Gasteiger partial charge in [-0.2, -0.15) is 4.31 Å². The maximum atomic E-state index is 13.4. The normalized spacial score (nSPS) is 21.7. The number of piperidine rings is 1. The first-order chi connectivity index (χ1) is 19.9. The second-order valence-corrected chi connectivity index (χ2v) is 15.4. The molecule has 0 radical (unpaired) electrons. The first-order valence-corrected chi connectivity index (χ1v) is 17.0. The summed E-state index contributed by atoms with van der Waals surface area (Å²) in [5.74, 6) is 1.05. The highest BCUT2D eigenvalue weighted by Gasteiger charge is 2.45. The molecular formula is C28H40N4O8S2. The molecule has 0 aromatic heterocycles. The SMILES string of the molecule is CN1CCOc2ccc(S(=O)(=O)N3CCC4(CC3)CC(NC[C@H](O)COc3cccc(S(=O)(=O)N(C)C)c3)CO4)cc21. The molecule has 2 saturated heterocycles. The summed E-state index contributed by atoms with van der Waals surface area (Å²) in [6.07, 6.45) is 1.09. The fourth-order valence-corrected chi connectivity index (χ4v) is 7.99. The summed E-state index contributed by atoms with van der Waals surface area (Å²) in [5, 5.41) is 13.8. The quantitative estimate of drug-likeness (QED) is 0.395. The minimum Gasteiger partial charge on any atom is -0.491 e. The molecule has 2 atom stereocenters. The van der Waals surface area contributed by atoms with E-state index in [-0.39, 0.29) is 29.0 Å². The summed E-state index contributed by atoms with van der Waals surface area (Å²) in [4.78, 5) is 2.39. The van der Waals surface area contributed by atoms with Gasteiger partial charge in [0.05, 0.1) is 34.2 Å². The van der Waals surface area contributed by atoms with Gasteiger partial charge in [-0.25, -0.2) is 21.1 Å². The summed E-state index contributed by atoms with van der Waals surface area (Å²) < 4.78 is 71.7. The molecule has 3 aliphatic rings. The van der Waals surface area contributed by atoms with Crippen molar-refractivity contribution < 1.29 is 36.2 Å². The molecule has 232 valence electrons. The van der Waals surface area contributed by atoms with Crippen LogP contribution in [0.3, 0.4) is 0 Å². The Bertz CT molecular complexity index is 1480. The fourth-order valence-electron chi connectivity index (χ4n) is 5.59. The van der Waals surface area contributed by atoms with Crippen LogP contribution in [0.25, 0.3) is 0 Å². The largest absolute Gasteiger partial charge is 0.491 e. The van der Waals surface area contributed by atoms with Crippen LogP contribution in [-0.4, -0.2) is 115 Å². The Morgan fingerprint density at radius 3 is 2.60 bits per heavy atom. The average molecular weight is 625 g/mol. The van der Waals surface area contributed by atoms with E-state index in [4.69, 9.17) is 14.2 Å². The van der Waals surface area contributed by atoms with E-state index in [0.29, 0.717) is 57.2 Å². The van der Waals surface area contributed by atoms with Gasteiger partial charge in [0.25, 0.3) is 0 Å². The van der Waals surface area contributed by atoms with E-state index >= 15 is 0 Å². The molecule has 2 fully saturated rings. The van der Waals surface area contributed by atoms with Crippen LogP contribution in [0.2, 0.25) is 0 Å². The Labute approximate surface area is 248 Å². The predicted molar refractivity (Wildman–Crippen MR) is 157 cm³/mol. The minimum absolute atomic E-state index is 0.00534. The third-order valence-electron chi connectivity index (χ3n) is 8.18. The van der Waals surface area contributed by atoms with Crippen molar-refractivity contribution in [1.29, 1.82) is 0 Å². The van der Waals surface area contributed by atoms with E-state index in [0.717, 1.165) is 16.4 Å². The van der Waals surface area contributed by atoms with Crippen molar-refractivity contribution in [2.24, 2.45) is 0 Å². The molecule has 0 bridgehead atoms. The number of hydrogen-bond acceptors (Lipinski definition) is 10. The number of ether oxygens (including phenoxy) is 3. The number of sulfonamides is 2. The number of likely N-dealkylation sites (N-methyl/N-ethyl adjacent to an activating group) is 1. The highest BCUT2D eigenvalue weighted by Crippen LogP contribution is 2.39. The van der Waals surface area contributed by atoms with E-state index in [2.05, 4.69) is 5.32 Å². The molecule has 12 nitrogen and oxygen atoms in total. The molecule has 0 saturated carbocycles. The molecular weight excluding hydrogens is 584 g/mol. The molecule has 2 aromatic rings. The lowest BCUT2D eigenvalue weighted by atomic mass is 9.88. The van der Waals surface area contributed by atoms with E-state index in [1.54, 1.807) is 30.3 Å². The van der Waals surface area contributed by atoms with Gasteiger partial charge in [0.1, 0.15) is 30.8 Å². The van der Waals surface area contributed by atoms with Gasteiger partial charge in [-0.3, -0.25) is 0 Å². The molecule has 3 heterocycles. The number of nitrogens with zero attached hydrogens (tertiary/aromatic N) is 3. The zero-order chi connectivity index (χ0) is 30.1. The molecule has 14 heteroatoms. The third kappa shape index (κ3) is 6.54. The van der Waals surface area contributed by atoms with Crippen LogP contribution in [0.5, 0.6) is 11.5 Å². The first-order valence-electron chi connectivity index (χ1n) is 14.1. The third-order valence-corrected chi connectivity index (χ3v) is 11.9. The Balaban J connectivity index is 1.09. The summed E-state index contributed by atoms with van der Waals surface area (Å²) in [6.45, 7) is 2.77. The van der Waals surface area contributed by atoms with Gasteiger partial charge < -0.3 is 29.5 Å². The van der Waals surface area contributed by atoms with E-state index in [9.17, 15) is 21.9 Å². The number of aliphatic hydroxyl groups is 1. The van der Waals surface area contributed by atoms with Crippen LogP contribution >= 0.6 is 0 Å². The summed E-state index contributed by atoms with van der Waals surface area (Å²) in [5.41, 5.74) is 0.384. The number of hydrogen-bond donors (Lipinski definition) is 2. The van der Waals surface area contributed by atoms with Crippen molar-refractivity contribution in [1.82, 2.24) is 13.9 Å². The van der Waals surface area contributed by atoms with Gasteiger partial charge in [-0.1, -0.05) is 6.07 Å². The fraction of sp³-hybridized carbons (Fsp3) is 0.571. The Hall–Kier alpha value is -2.46. The zero-order valence-corrected chi connectivity index (χ0v) is 25.9. The predicted octanol–water partition coefficient (Wildman–Crippen LogP) is 1.11. The monoisotopic (exact) mass is 624 g/mol. The Kier molecular flexibility index (Phi) is 9.05. The van der Waals surface area contributed by atoms with Crippen molar-refractivity contribution in [2.75, 3.05) is 72.0 Å². The van der Waals surface area contributed by atoms with Crippen LogP contribution in [0.4, 0.5) is 5.69 Å². The van der Waals surface area contributed by atoms with Crippen LogP contribution in [-0.2, 0) is 24.8 Å². The molecule has 0 aliphatic carbocycles. The maximum absolute atomic E-state index is 13.4. The lowest BCUT2D eigenvalue weighted by Crippen LogP contribution is -2.47. The number of aliphatic hydroxyl groups excluding tert-OH is 1. The molecule has 42 heavy (non-hydrogen) atoms. The van der Waals surface area contributed by atoms with E-state index in [1.807, 2.05) is 11.9 Å². The standard InChI is InChI=1S/C28H40N4O8S2/c1-30(2)41(34,35)24-6-4-5-23(15-24)39-20-22(33)18-29-21-17-28(40-19-21)9-11-32(12-10-28)42(36,37)25-7-8-27-26(16-25)31(3)13-14-38-27/h4-8,15-16,21-22,29,33H,9-14,17-20H2,1-3H3/t21?,22-/m0/s1. The zero-order valence-electron chi connectivity index (χ0n) is 24.2. The van der Waals surface area contributed by atoms with Gasteiger partial charge in [0, 0.05) is 52.9 Å². The van der Waals surface area contributed by atoms with Gasteiger partial charge in [-0.05, 0) is 49.6 Å². The van der Waals surface area contributed by atoms with Crippen LogP contribution in [0.1, 0.15) is 19.3 Å². The second kappa shape index (κ2) is 12.3. The number of anilines is 1. The van der Waals surface area contributed by atoms with Crippen molar-refractivity contribution in [3.8, 4) is 11.5 Å². The smallest absolute Gasteiger partial charge is 0.243 e. The number of benzene rings is 2. The second-order valence-electron chi connectivity index (χ2n) is 11.3. The average Bonchev–Trinajstić information content (AvgIpc) is 3.37. The lowest BCUT2D eigenvalue weighted by Gasteiger charge is -2.38. The van der Waals surface area contributed by atoms with Gasteiger partial charge in [0.15, 0.2) is 0 Å². The molecule has 5 rings (SSSR count). The topological polar surface area (TPSA) is 138 Å². The van der Waals surface area contributed by atoms with Gasteiger partial charge >= 0.3 is 0 Å². The number of rotatable bonds is 10. The van der Waals surface area contributed by atoms with Gasteiger partial charge in [0.2, 0.25) is 20.0 Å². The van der Waals surface area contributed by atoms with Crippen LogP contribution in [0, 0.1) is 0 Å². The first kappa shape index (κ1) is 31.0. The lowest BCUT2D eigenvalue weighted by molar-refractivity contribution is -0.0312. The number of nitrogens with one attached hydrogen (secondary N) is 1. The van der Waals surface area contributed by atoms with Crippen molar-refractivity contribution in [2.45, 2.75) is 46.8 Å². The molecule has 3 aliphatic heterocycles. The van der Waals surface area contributed by atoms with E-state index in [1.165, 1.54) is 30.5 Å². The Morgan fingerprint density at radius 1 is 1.10 bits per heavy atom. The van der Waals surface area contributed by atoms with Crippen LogP contribution in [0.15, 0.2) is 52.3 Å². The molecule has 0 amide bonds. The highest BCUT2D eigenvalue weighted by atomic mass is 32.2. The molecule has 2 aromatic carbocycles. The molecule has 1 unspecified atom stereocenters. The van der Waals surface area contributed by atoms with Crippen molar-refractivity contribution >= 4 is 25.7 Å². The summed E-state index contributed by atoms with van der Waals surface area (Å²) in [6, 6.07) is 11.2. The van der Waals surface area contributed by atoms with E-state index < -0.39 is 31.8 Å². The minimum atomic E-state index is -3.65. The molecule has 1 spiro atoms. The Morgan fingerprint density at radius 2 is 1.86 bits per heavy atom. The van der Waals surface area contributed by atoms with Crippen molar-refractivity contribution in [3.05, 3.63) is 42.5 Å².